The molecule has 1 aromatic carbocycles. The summed E-state index contributed by atoms with van der Waals surface area (Å²) in [6.45, 7) is 4.67. The molecule has 1 aliphatic heterocycles. The summed E-state index contributed by atoms with van der Waals surface area (Å²) >= 11 is 0. The van der Waals surface area contributed by atoms with Crippen LogP contribution in [-0.2, 0) is 6.42 Å². The van der Waals surface area contributed by atoms with Gasteiger partial charge in [-0.25, -0.2) is 4.39 Å². The zero-order chi connectivity index (χ0) is 17.6. The van der Waals surface area contributed by atoms with Crippen LogP contribution in [-0.4, -0.2) is 30.5 Å². The Balaban J connectivity index is 1.57. The van der Waals surface area contributed by atoms with Gasteiger partial charge in [0.15, 0.2) is 0 Å². The van der Waals surface area contributed by atoms with Crippen LogP contribution in [0.15, 0.2) is 42.7 Å². The smallest absolute Gasteiger partial charge is 0.252 e. The largest absolute Gasteiger partial charge is 0.370 e. The Morgan fingerprint density at radius 2 is 2.04 bits per heavy atom. The molecular weight excluding hydrogens is 317 g/mol. The molecule has 1 N–H and O–H groups in total. The number of rotatable bonds is 5. The van der Waals surface area contributed by atoms with Crippen molar-refractivity contribution in [2.45, 2.75) is 26.2 Å². The van der Waals surface area contributed by atoms with Crippen LogP contribution < -0.4 is 10.2 Å². The van der Waals surface area contributed by atoms with E-state index in [9.17, 15) is 9.18 Å². The number of halogens is 1. The lowest BCUT2D eigenvalue weighted by atomic mass is 9.99. The van der Waals surface area contributed by atoms with Crippen molar-refractivity contribution >= 4 is 11.6 Å². The Morgan fingerprint density at radius 1 is 1.28 bits per heavy atom. The normalized spacial score (nSPS) is 15.2. The Labute approximate surface area is 148 Å². The lowest BCUT2D eigenvalue weighted by molar-refractivity contribution is 0.0953. The molecule has 0 aliphatic carbocycles. The van der Waals surface area contributed by atoms with Gasteiger partial charge in [-0.2, -0.15) is 0 Å². The summed E-state index contributed by atoms with van der Waals surface area (Å²) in [5.41, 5.74) is 2.15. The minimum Gasteiger partial charge on any atom is -0.370 e. The summed E-state index contributed by atoms with van der Waals surface area (Å²) in [5, 5.41) is 2.85. The first-order chi connectivity index (χ1) is 12.1. The van der Waals surface area contributed by atoms with Gasteiger partial charge in [-0.3, -0.25) is 9.78 Å². The number of benzene rings is 1. The van der Waals surface area contributed by atoms with Crippen molar-refractivity contribution in [3.8, 4) is 0 Å². The van der Waals surface area contributed by atoms with E-state index in [1.165, 1.54) is 18.9 Å². The predicted molar refractivity (Wildman–Crippen MR) is 97.3 cm³/mol. The highest BCUT2D eigenvalue weighted by atomic mass is 19.1. The molecule has 5 heteroatoms. The van der Waals surface area contributed by atoms with E-state index in [0.717, 1.165) is 24.7 Å². The topological polar surface area (TPSA) is 45.2 Å². The second-order valence-corrected chi connectivity index (χ2v) is 6.70. The van der Waals surface area contributed by atoms with Gasteiger partial charge in [-0.1, -0.05) is 25.1 Å². The first-order valence-electron chi connectivity index (χ1n) is 8.85. The van der Waals surface area contributed by atoms with Crippen molar-refractivity contribution in [2.24, 2.45) is 5.92 Å². The Bertz CT molecular complexity index is 726. The van der Waals surface area contributed by atoms with Crippen LogP contribution in [0.25, 0.3) is 0 Å². The SMILES string of the molecule is CC1CCN(c2cncc(C(=O)NCCc3ccccc3F)c2)CC1. The van der Waals surface area contributed by atoms with Crippen molar-refractivity contribution in [3.05, 3.63) is 59.7 Å². The van der Waals surface area contributed by atoms with Gasteiger partial charge < -0.3 is 10.2 Å². The van der Waals surface area contributed by atoms with E-state index in [0.29, 0.717) is 24.1 Å². The van der Waals surface area contributed by atoms with Gasteiger partial charge in [0.25, 0.3) is 5.91 Å². The lowest BCUT2D eigenvalue weighted by Gasteiger charge is -2.32. The van der Waals surface area contributed by atoms with Crippen LogP contribution in [0.1, 0.15) is 35.7 Å². The average molecular weight is 341 g/mol. The molecule has 4 nitrogen and oxygen atoms in total. The van der Waals surface area contributed by atoms with Crippen LogP contribution in [0, 0.1) is 11.7 Å². The number of amides is 1. The first kappa shape index (κ1) is 17.4. The Hall–Kier alpha value is -2.43. The maximum absolute atomic E-state index is 13.6. The van der Waals surface area contributed by atoms with E-state index < -0.39 is 0 Å². The van der Waals surface area contributed by atoms with Gasteiger partial charge in [0.2, 0.25) is 0 Å². The summed E-state index contributed by atoms with van der Waals surface area (Å²) < 4.78 is 13.6. The fourth-order valence-electron chi connectivity index (χ4n) is 3.11. The minimum absolute atomic E-state index is 0.170. The zero-order valence-corrected chi connectivity index (χ0v) is 14.5. The molecule has 3 rings (SSSR count). The average Bonchev–Trinajstić information content (AvgIpc) is 2.64. The summed E-state index contributed by atoms with van der Waals surface area (Å²) in [6.07, 6.45) is 6.19. The van der Waals surface area contributed by atoms with E-state index in [1.54, 1.807) is 24.4 Å². The number of nitrogens with one attached hydrogen (secondary N) is 1. The van der Waals surface area contributed by atoms with E-state index in [-0.39, 0.29) is 11.7 Å². The first-order valence-corrected chi connectivity index (χ1v) is 8.85. The highest BCUT2D eigenvalue weighted by Gasteiger charge is 2.17. The number of carbonyl (C=O) groups is 1. The molecule has 0 saturated carbocycles. The maximum Gasteiger partial charge on any atom is 0.252 e. The Morgan fingerprint density at radius 3 is 2.80 bits per heavy atom. The van der Waals surface area contributed by atoms with Crippen LogP contribution in [0.5, 0.6) is 0 Å². The molecule has 25 heavy (non-hydrogen) atoms. The minimum atomic E-state index is -0.236. The second kappa shape index (κ2) is 8.10. The van der Waals surface area contributed by atoms with Crippen molar-refractivity contribution in [1.82, 2.24) is 10.3 Å². The van der Waals surface area contributed by atoms with E-state index in [1.807, 2.05) is 12.3 Å². The van der Waals surface area contributed by atoms with Gasteiger partial charge in [0.05, 0.1) is 17.4 Å². The molecule has 0 spiro atoms. The monoisotopic (exact) mass is 341 g/mol. The third kappa shape index (κ3) is 4.56. The van der Waals surface area contributed by atoms with Gasteiger partial charge in [-0.05, 0) is 42.9 Å². The van der Waals surface area contributed by atoms with Gasteiger partial charge >= 0.3 is 0 Å². The fourth-order valence-corrected chi connectivity index (χ4v) is 3.11. The lowest BCUT2D eigenvalue weighted by Crippen LogP contribution is -2.33. The molecule has 1 aliphatic rings. The molecular formula is C20H24FN3O. The summed E-state index contributed by atoms with van der Waals surface area (Å²) in [6, 6.07) is 8.52. The molecule has 1 aromatic heterocycles. The number of aromatic nitrogens is 1. The van der Waals surface area contributed by atoms with Crippen LogP contribution >= 0.6 is 0 Å². The van der Waals surface area contributed by atoms with Crippen molar-refractivity contribution in [3.63, 3.8) is 0 Å². The van der Waals surface area contributed by atoms with Gasteiger partial charge in [0, 0.05) is 25.8 Å². The fraction of sp³-hybridized carbons (Fsp3) is 0.400. The molecule has 1 saturated heterocycles. The molecule has 1 fully saturated rings. The quantitative estimate of drug-likeness (QED) is 0.906. The second-order valence-electron chi connectivity index (χ2n) is 6.70. The van der Waals surface area contributed by atoms with Crippen molar-refractivity contribution in [2.75, 3.05) is 24.5 Å². The summed E-state index contributed by atoms with van der Waals surface area (Å²) in [7, 11) is 0. The summed E-state index contributed by atoms with van der Waals surface area (Å²) in [4.78, 5) is 18.8. The third-order valence-electron chi connectivity index (χ3n) is 4.77. The molecule has 0 radical (unpaired) electrons. The highest BCUT2D eigenvalue weighted by molar-refractivity contribution is 5.94. The van der Waals surface area contributed by atoms with Gasteiger partial charge in [-0.15, -0.1) is 0 Å². The number of piperidine rings is 1. The van der Waals surface area contributed by atoms with Crippen molar-refractivity contribution in [1.29, 1.82) is 0 Å². The number of anilines is 1. The predicted octanol–water partition coefficient (Wildman–Crippen LogP) is 3.43. The van der Waals surface area contributed by atoms with E-state index >= 15 is 0 Å². The van der Waals surface area contributed by atoms with Crippen LogP contribution in [0.4, 0.5) is 10.1 Å². The number of hydrogen-bond acceptors (Lipinski definition) is 3. The number of carbonyl (C=O) groups excluding carboxylic acids is 1. The molecule has 0 atom stereocenters. The maximum atomic E-state index is 13.6. The highest BCUT2D eigenvalue weighted by Crippen LogP contribution is 2.22. The molecule has 2 aromatic rings. The zero-order valence-electron chi connectivity index (χ0n) is 14.5. The number of nitrogens with zero attached hydrogens (tertiary/aromatic N) is 2. The van der Waals surface area contributed by atoms with Crippen LogP contribution in [0.3, 0.4) is 0 Å². The third-order valence-corrected chi connectivity index (χ3v) is 4.77. The molecule has 0 unspecified atom stereocenters. The van der Waals surface area contributed by atoms with E-state index in [2.05, 4.69) is 22.1 Å². The van der Waals surface area contributed by atoms with Crippen molar-refractivity contribution < 1.29 is 9.18 Å². The summed E-state index contributed by atoms with van der Waals surface area (Å²) in [5.74, 6) is 0.352. The molecule has 2 heterocycles. The number of pyridine rings is 1. The molecule has 1 amide bonds. The standard InChI is InChI=1S/C20H24FN3O/c1-15-7-10-24(11-8-15)18-12-17(13-22-14-18)20(25)23-9-6-16-4-2-3-5-19(16)21/h2-5,12-15H,6-11H2,1H3,(H,23,25). The Kier molecular flexibility index (Phi) is 5.64. The van der Waals surface area contributed by atoms with Crippen LogP contribution in [0.2, 0.25) is 0 Å². The number of hydrogen-bond donors (Lipinski definition) is 1. The molecule has 0 bridgehead atoms. The van der Waals surface area contributed by atoms with Gasteiger partial charge in [0.1, 0.15) is 5.82 Å². The molecule has 132 valence electrons. The van der Waals surface area contributed by atoms with E-state index in [4.69, 9.17) is 0 Å².